The summed E-state index contributed by atoms with van der Waals surface area (Å²) in [6.45, 7) is 0.332. The Morgan fingerprint density at radius 2 is 1.81 bits per heavy atom. The van der Waals surface area contributed by atoms with Gasteiger partial charge in [0.1, 0.15) is 11.9 Å². The van der Waals surface area contributed by atoms with Gasteiger partial charge in [-0.3, -0.25) is 28.8 Å². The minimum Gasteiger partial charge on any atom is -0.507 e. The van der Waals surface area contributed by atoms with Crippen molar-refractivity contribution in [1.82, 2.24) is 5.32 Å². The summed E-state index contributed by atoms with van der Waals surface area (Å²) in [7, 11) is 0. The molecule has 12 heteroatoms. The molecule has 43 heavy (non-hydrogen) atoms. The first-order valence-electron chi connectivity index (χ1n) is 14.1. The van der Waals surface area contributed by atoms with Crippen LogP contribution in [0.2, 0.25) is 5.02 Å². The van der Waals surface area contributed by atoms with E-state index in [-0.39, 0.29) is 36.4 Å². The van der Waals surface area contributed by atoms with E-state index >= 15 is 0 Å². The number of phenols is 1. The molecule has 0 spiro atoms. The highest BCUT2D eigenvalue weighted by molar-refractivity contribution is 6.32. The van der Waals surface area contributed by atoms with Crippen molar-refractivity contribution in [3.63, 3.8) is 0 Å². The Labute approximate surface area is 250 Å². The molecule has 3 fully saturated rings. The van der Waals surface area contributed by atoms with Gasteiger partial charge < -0.3 is 26.0 Å². The van der Waals surface area contributed by atoms with Crippen molar-refractivity contribution >= 4 is 46.5 Å². The molecule has 2 amide bonds. The molecule has 3 unspecified atom stereocenters. The lowest BCUT2D eigenvalue weighted by atomic mass is 9.53. The number of nitrogens with two attached hydrogens (primary N) is 1. The van der Waals surface area contributed by atoms with E-state index in [2.05, 4.69) is 5.32 Å². The maximum Gasteiger partial charge on any atom is 0.249 e. The summed E-state index contributed by atoms with van der Waals surface area (Å²) >= 11 is 6.11. The molecule has 0 radical (unpaired) electrons. The standard InChI is InChI=1S/C31H29ClN2O9/c32-17-5-3-13(4-6-17)18-10-15(12-34-30(41)21-2-1-7-43-21)25(36)23-19(18)9-14-8-16-11-20(35)24(29(33)40)28(39)31(16,42)27(38)22(14)26(23)37/h3-6,10,14,16,21-22,24,36,42H,1-2,7-9,11-12H2,(H2,33,40)(H,34,41)/t14-,16+,21?,22?,24?,31+/m1/s1. The van der Waals surface area contributed by atoms with Gasteiger partial charge >= 0.3 is 0 Å². The second kappa shape index (κ2) is 10.7. The number of amides is 2. The number of hydrogen-bond donors (Lipinski definition) is 4. The van der Waals surface area contributed by atoms with Crippen LogP contribution in [-0.2, 0) is 41.7 Å². The lowest BCUT2D eigenvalue weighted by Gasteiger charge is -2.48. The fourth-order valence-corrected chi connectivity index (χ4v) is 7.32. The number of primary amides is 1. The van der Waals surface area contributed by atoms with Crippen LogP contribution in [0, 0.1) is 23.7 Å². The molecule has 1 saturated heterocycles. The average molecular weight is 609 g/mol. The fourth-order valence-electron chi connectivity index (χ4n) is 7.19. The van der Waals surface area contributed by atoms with Crippen LogP contribution < -0.4 is 11.1 Å². The third kappa shape index (κ3) is 4.57. The van der Waals surface area contributed by atoms with Crippen molar-refractivity contribution in [3.05, 3.63) is 52.0 Å². The second-order valence-electron chi connectivity index (χ2n) is 11.8. The number of carbonyl (C=O) groups is 6. The van der Waals surface area contributed by atoms with Gasteiger partial charge in [0.05, 0.1) is 11.5 Å². The van der Waals surface area contributed by atoms with Crippen molar-refractivity contribution in [1.29, 1.82) is 0 Å². The minimum absolute atomic E-state index is 0.0128. The predicted molar refractivity (Wildman–Crippen MR) is 150 cm³/mol. The maximum absolute atomic E-state index is 14.1. The third-order valence-electron chi connectivity index (χ3n) is 9.31. The first kappa shape index (κ1) is 29.2. The number of ether oxygens (including phenoxy) is 1. The largest absolute Gasteiger partial charge is 0.507 e. The second-order valence-corrected chi connectivity index (χ2v) is 12.2. The van der Waals surface area contributed by atoms with Crippen LogP contribution in [0.5, 0.6) is 5.75 Å². The molecule has 0 aromatic heterocycles. The van der Waals surface area contributed by atoms with E-state index in [1.165, 1.54) is 0 Å². The summed E-state index contributed by atoms with van der Waals surface area (Å²) in [6, 6.07) is 8.50. The molecule has 0 bridgehead atoms. The summed E-state index contributed by atoms with van der Waals surface area (Å²) in [5, 5.41) is 26.1. The number of aliphatic hydroxyl groups is 1. The lowest BCUT2D eigenvalue weighted by molar-refractivity contribution is -0.175. The zero-order chi connectivity index (χ0) is 30.8. The molecule has 2 aromatic rings. The van der Waals surface area contributed by atoms with Crippen LogP contribution in [-0.4, -0.2) is 63.5 Å². The molecule has 1 aliphatic heterocycles. The van der Waals surface area contributed by atoms with Gasteiger partial charge in [-0.2, -0.15) is 0 Å². The zero-order valence-corrected chi connectivity index (χ0v) is 23.7. The number of rotatable bonds is 5. The summed E-state index contributed by atoms with van der Waals surface area (Å²) in [6.07, 6.45) is 0.395. The van der Waals surface area contributed by atoms with Gasteiger partial charge in [-0.25, -0.2) is 0 Å². The Morgan fingerprint density at radius 3 is 2.47 bits per heavy atom. The Bertz CT molecular complexity index is 1600. The minimum atomic E-state index is -2.73. The maximum atomic E-state index is 14.1. The molecule has 6 atom stereocenters. The third-order valence-corrected chi connectivity index (χ3v) is 9.56. The smallest absolute Gasteiger partial charge is 0.249 e. The number of ketones is 4. The van der Waals surface area contributed by atoms with Gasteiger partial charge in [0.2, 0.25) is 11.8 Å². The van der Waals surface area contributed by atoms with Gasteiger partial charge in [0.15, 0.2) is 34.7 Å². The van der Waals surface area contributed by atoms with E-state index in [4.69, 9.17) is 22.1 Å². The first-order chi connectivity index (χ1) is 20.4. The summed E-state index contributed by atoms with van der Waals surface area (Å²) in [4.78, 5) is 78.3. The average Bonchev–Trinajstić information content (AvgIpc) is 3.50. The Hall–Kier alpha value is -3.93. The molecule has 11 nitrogen and oxygen atoms in total. The number of nitrogens with one attached hydrogen (secondary N) is 1. The van der Waals surface area contributed by atoms with Crippen molar-refractivity contribution in [2.45, 2.75) is 50.4 Å². The Morgan fingerprint density at radius 1 is 1.09 bits per heavy atom. The van der Waals surface area contributed by atoms with Gasteiger partial charge in [-0.05, 0) is 66.5 Å². The highest BCUT2D eigenvalue weighted by atomic mass is 35.5. The van der Waals surface area contributed by atoms with E-state index in [0.717, 1.165) is 6.42 Å². The Kier molecular flexibility index (Phi) is 7.22. The van der Waals surface area contributed by atoms with Gasteiger partial charge in [-0.1, -0.05) is 23.7 Å². The van der Waals surface area contributed by atoms with Crippen LogP contribution in [0.4, 0.5) is 0 Å². The number of halogens is 1. The molecular weight excluding hydrogens is 580 g/mol. The number of carbonyl (C=O) groups excluding carboxylic acids is 6. The Balaban J connectivity index is 1.43. The summed E-state index contributed by atoms with van der Waals surface area (Å²) in [5.74, 6) is -11.3. The van der Waals surface area contributed by atoms with E-state index in [0.29, 0.717) is 34.7 Å². The molecule has 6 rings (SSSR count). The number of phenolic OH excluding ortho intramolecular Hbond substituents is 1. The molecule has 3 aliphatic carbocycles. The highest BCUT2D eigenvalue weighted by Gasteiger charge is 2.66. The van der Waals surface area contributed by atoms with Crippen LogP contribution in [0.25, 0.3) is 11.1 Å². The van der Waals surface area contributed by atoms with E-state index in [1.807, 2.05) is 0 Å². The molecule has 224 valence electrons. The van der Waals surface area contributed by atoms with Gasteiger partial charge in [0, 0.05) is 36.1 Å². The summed E-state index contributed by atoms with van der Waals surface area (Å²) < 4.78 is 5.43. The quantitative estimate of drug-likeness (QED) is 0.364. The predicted octanol–water partition coefficient (Wildman–Crippen LogP) is 1.44. The number of hydrogen-bond acceptors (Lipinski definition) is 9. The van der Waals surface area contributed by atoms with Crippen LogP contribution in [0.1, 0.15) is 47.2 Å². The van der Waals surface area contributed by atoms with Crippen molar-refractivity contribution in [3.8, 4) is 16.9 Å². The molecule has 4 aliphatic rings. The lowest BCUT2D eigenvalue weighted by Crippen LogP contribution is -2.68. The highest BCUT2D eigenvalue weighted by Crippen LogP contribution is 2.51. The van der Waals surface area contributed by atoms with Crippen LogP contribution in [0.15, 0.2) is 30.3 Å². The molecule has 1 heterocycles. The van der Waals surface area contributed by atoms with Crippen molar-refractivity contribution in [2.24, 2.45) is 29.4 Å². The first-order valence-corrected chi connectivity index (χ1v) is 14.5. The zero-order valence-electron chi connectivity index (χ0n) is 22.9. The topological polar surface area (TPSA) is 190 Å². The molecule has 2 saturated carbocycles. The fraction of sp³-hybridized carbons (Fsp3) is 0.419. The number of benzene rings is 2. The van der Waals surface area contributed by atoms with Crippen LogP contribution in [0.3, 0.4) is 0 Å². The van der Waals surface area contributed by atoms with Gasteiger partial charge in [0.25, 0.3) is 0 Å². The SMILES string of the molecule is NC(=O)C1C(=O)C[C@@H]2C[C@@H]3Cc4c(-c5ccc(Cl)cc5)cc(CNC(=O)C5CCCO5)c(O)c4C(=O)C3C(=O)[C@]2(O)C1=O. The van der Waals surface area contributed by atoms with E-state index in [1.54, 1.807) is 30.3 Å². The van der Waals surface area contributed by atoms with Crippen molar-refractivity contribution in [2.75, 3.05) is 6.61 Å². The van der Waals surface area contributed by atoms with Crippen molar-refractivity contribution < 1.29 is 43.7 Å². The normalized spacial score (nSPS) is 30.0. The number of fused-ring (bicyclic) bond motifs is 3. The molecule has 5 N–H and O–H groups in total. The van der Waals surface area contributed by atoms with Crippen LogP contribution >= 0.6 is 11.6 Å². The van der Waals surface area contributed by atoms with Gasteiger partial charge in [-0.15, -0.1) is 0 Å². The van der Waals surface area contributed by atoms with E-state index < -0.39 is 76.6 Å². The molecular formula is C31H29ClN2O9. The number of aromatic hydroxyl groups is 1. The number of Topliss-reactive ketones (excluding diaryl/α,β-unsaturated/α-hetero) is 4. The van der Waals surface area contributed by atoms with E-state index in [9.17, 15) is 39.0 Å². The summed E-state index contributed by atoms with van der Waals surface area (Å²) in [5.41, 5.74) is 4.31. The molecule has 2 aromatic carbocycles. The monoisotopic (exact) mass is 608 g/mol.